The van der Waals surface area contributed by atoms with Crippen molar-refractivity contribution in [1.29, 1.82) is 0 Å². The molecule has 126 valence electrons. The molecular formula is C17H24ClN3OS. The Hall–Kier alpha value is -0.780. The Labute approximate surface area is 146 Å². The summed E-state index contributed by atoms with van der Waals surface area (Å²) in [7, 11) is 0. The second-order valence-corrected chi connectivity index (χ2v) is 8.51. The van der Waals surface area contributed by atoms with Crippen molar-refractivity contribution in [2.45, 2.75) is 38.4 Å². The van der Waals surface area contributed by atoms with Crippen LogP contribution < -0.4 is 5.32 Å². The van der Waals surface area contributed by atoms with E-state index < -0.39 is 0 Å². The summed E-state index contributed by atoms with van der Waals surface area (Å²) in [6.07, 6.45) is 4.48. The summed E-state index contributed by atoms with van der Waals surface area (Å²) < 4.78 is 6.93. The van der Waals surface area contributed by atoms with E-state index in [9.17, 15) is 0 Å². The van der Waals surface area contributed by atoms with Gasteiger partial charge in [0.05, 0.1) is 16.5 Å². The van der Waals surface area contributed by atoms with Gasteiger partial charge in [-0.25, -0.2) is 0 Å². The van der Waals surface area contributed by atoms with E-state index in [0.717, 1.165) is 42.9 Å². The van der Waals surface area contributed by atoms with Gasteiger partial charge < -0.3 is 15.0 Å². The van der Waals surface area contributed by atoms with E-state index >= 15 is 0 Å². The normalized spacial score (nSPS) is 32.6. The molecule has 3 saturated heterocycles. The summed E-state index contributed by atoms with van der Waals surface area (Å²) in [5, 5.41) is 3.47. The molecule has 0 spiro atoms. The third-order valence-electron chi connectivity index (χ3n) is 5.34. The van der Waals surface area contributed by atoms with Gasteiger partial charge in [-0.3, -0.25) is 4.99 Å². The van der Waals surface area contributed by atoms with Gasteiger partial charge in [-0.15, -0.1) is 11.3 Å². The number of hydrogen-bond acceptors (Lipinski definition) is 3. The molecule has 4 heterocycles. The summed E-state index contributed by atoms with van der Waals surface area (Å²) in [4.78, 5) is 8.61. The van der Waals surface area contributed by atoms with Gasteiger partial charge in [0.25, 0.3) is 0 Å². The summed E-state index contributed by atoms with van der Waals surface area (Å²) in [6.45, 7) is 6.07. The van der Waals surface area contributed by atoms with Crippen molar-refractivity contribution in [1.82, 2.24) is 10.2 Å². The summed E-state index contributed by atoms with van der Waals surface area (Å²) in [5.74, 6) is 2.51. The molecule has 4 unspecified atom stereocenters. The molecule has 6 heteroatoms. The van der Waals surface area contributed by atoms with E-state index in [1.54, 1.807) is 11.3 Å². The zero-order chi connectivity index (χ0) is 15.8. The lowest BCUT2D eigenvalue weighted by Crippen LogP contribution is -2.41. The molecule has 4 nitrogen and oxygen atoms in total. The maximum atomic E-state index is 6.07. The van der Waals surface area contributed by atoms with E-state index in [1.807, 2.05) is 6.07 Å². The Morgan fingerprint density at radius 3 is 2.70 bits per heavy atom. The zero-order valence-corrected chi connectivity index (χ0v) is 15.1. The third-order valence-corrected chi connectivity index (χ3v) is 6.63. The van der Waals surface area contributed by atoms with Crippen molar-refractivity contribution in [3.63, 3.8) is 0 Å². The lowest BCUT2D eigenvalue weighted by molar-refractivity contribution is 0.0767. The topological polar surface area (TPSA) is 36.9 Å². The molecule has 3 fully saturated rings. The Bertz CT molecular complexity index is 572. The van der Waals surface area contributed by atoms with Crippen LogP contribution in [0.2, 0.25) is 4.34 Å². The first-order valence-corrected chi connectivity index (χ1v) is 9.87. The van der Waals surface area contributed by atoms with Crippen molar-refractivity contribution < 1.29 is 4.74 Å². The molecule has 0 saturated carbocycles. The van der Waals surface area contributed by atoms with Crippen LogP contribution in [-0.4, -0.2) is 49.2 Å². The van der Waals surface area contributed by atoms with E-state index in [0.29, 0.717) is 24.0 Å². The van der Waals surface area contributed by atoms with E-state index in [4.69, 9.17) is 21.3 Å². The monoisotopic (exact) mass is 353 g/mol. The summed E-state index contributed by atoms with van der Waals surface area (Å²) in [5.41, 5.74) is 0. The highest BCUT2D eigenvalue weighted by molar-refractivity contribution is 7.16. The number of nitrogens with zero attached hydrogens (tertiary/aromatic N) is 2. The number of likely N-dealkylation sites (tertiary alicyclic amines) is 1. The van der Waals surface area contributed by atoms with E-state index in [2.05, 4.69) is 23.2 Å². The molecule has 3 aliphatic heterocycles. The van der Waals surface area contributed by atoms with Gasteiger partial charge >= 0.3 is 0 Å². The summed E-state index contributed by atoms with van der Waals surface area (Å²) in [6, 6.07) is 4.07. The zero-order valence-electron chi connectivity index (χ0n) is 13.5. The maximum Gasteiger partial charge on any atom is 0.193 e. The van der Waals surface area contributed by atoms with E-state index in [-0.39, 0.29) is 0 Å². The van der Waals surface area contributed by atoms with Gasteiger partial charge in [-0.1, -0.05) is 11.6 Å². The number of aliphatic imine (C=N–C) groups is 1. The van der Waals surface area contributed by atoms with Gasteiger partial charge in [0.2, 0.25) is 0 Å². The molecule has 4 rings (SSSR count). The highest BCUT2D eigenvalue weighted by Gasteiger charge is 2.53. The minimum absolute atomic E-state index is 0.506. The Balaban J connectivity index is 1.38. The quantitative estimate of drug-likeness (QED) is 0.667. The van der Waals surface area contributed by atoms with Gasteiger partial charge in [-0.2, -0.15) is 0 Å². The van der Waals surface area contributed by atoms with Gasteiger partial charge in [0, 0.05) is 49.3 Å². The number of ether oxygens (including phenoxy) is 1. The first-order chi connectivity index (χ1) is 11.2. The van der Waals surface area contributed by atoms with Crippen LogP contribution in [0, 0.1) is 11.8 Å². The molecule has 0 aromatic carbocycles. The average molecular weight is 354 g/mol. The van der Waals surface area contributed by atoms with Crippen molar-refractivity contribution in [2.75, 3.05) is 26.2 Å². The van der Waals surface area contributed by atoms with Crippen LogP contribution in [0.5, 0.6) is 0 Å². The van der Waals surface area contributed by atoms with Crippen molar-refractivity contribution in [3.8, 4) is 0 Å². The smallest absolute Gasteiger partial charge is 0.193 e. The van der Waals surface area contributed by atoms with Crippen LogP contribution in [0.4, 0.5) is 0 Å². The number of hydrogen-bond donors (Lipinski definition) is 1. The van der Waals surface area contributed by atoms with Crippen LogP contribution >= 0.6 is 22.9 Å². The lowest BCUT2D eigenvalue weighted by Gasteiger charge is -2.23. The number of rotatable bonds is 4. The molecular weight excluding hydrogens is 330 g/mol. The lowest BCUT2D eigenvalue weighted by atomic mass is 9.82. The third kappa shape index (κ3) is 3.11. The molecule has 2 bridgehead atoms. The number of fused-ring (bicyclic) bond motifs is 5. The second kappa shape index (κ2) is 6.61. The fourth-order valence-electron chi connectivity index (χ4n) is 4.32. The molecule has 0 aliphatic carbocycles. The summed E-state index contributed by atoms with van der Waals surface area (Å²) >= 11 is 7.65. The first-order valence-electron chi connectivity index (χ1n) is 8.67. The Kier molecular flexibility index (Phi) is 4.52. The second-order valence-electron chi connectivity index (χ2n) is 6.71. The molecule has 1 aromatic heterocycles. The number of thiophene rings is 1. The molecule has 23 heavy (non-hydrogen) atoms. The minimum Gasteiger partial charge on any atom is -0.374 e. The fourth-order valence-corrected chi connectivity index (χ4v) is 5.39. The molecule has 3 aliphatic rings. The highest BCUT2D eigenvalue weighted by Crippen LogP contribution is 2.47. The van der Waals surface area contributed by atoms with Crippen LogP contribution in [0.1, 0.15) is 24.6 Å². The molecule has 4 atom stereocenters. The van der Waals surface area contributed by atoms with Crippen LogP contribution in [0.3, 0.4) is 0 Å². The molecule has 1 N–H and O–H groups in total. The van der Waals surface area contributed by atoms with Gasteiger partial charge in [0.1, 0.15) is 0 Å². The predicted octanol–water partition coefficient (Wildman–Crippen LogP) is 3.02. The van der Waals surface area contributed by atoms with Crippen molar-refractivity contribution in [2.24, 2.45) is 16.8 Å². The van der Waals surface area contributed by atoms with Crippen molar-refractivity contribution in [3.05, 3.63) is 21.3 Å². The van der Waals surface area contributed by atoms with Gasteiger partial charge in [0.15, 0.2) is 5.96 Å². The molecule has 1 aromatic rings. The fraction of sp³-hybridized carbons (Fsp3) is 0.706. The largest absolute Gasteiger partial charge is 0.374 e. The minimum atomic E-state index is 0.506. The number of nitrogens with one attached hydrogen (secondary N) is 1. The number of guanidine groups is 1. The molecule has 0 amide bonds. The first kappa shape index (κ1) is 15.7. The van der Waals surface area contributed by atoms with Crippen molar-refractivity contribution >= 4 is 28.9 Å². The van der Waals surface area contributed by atoms with Crippen LogP contribution in [0.25, 0.3) is 0 Å². The van der Waals surface area contributed by atoms with E-state index in [1.165, 1.54) is 17.7 Å². The predicted molar refractivity (Wildman–Crippen MR) is 95.5 cm³/mol. The van der Waals surface area contributed by atoms with Gasteiger partial charge in [-0.05, 0) is 31.9 Å². The number of halogens is 1. The standard InChI is InChI=1S/C17H24ClN3OS/c1-2-19-17(20-8-7-11-3-6-16(18)23-11)21-9-12-13(10-21)15-5-4-14(12)22-15/h3,6,12-15H,2,4-5,7-10H2,1H3,(H,19,20). The molecule has 0 radical (unpaired) electrons. The maximum absolute atomic E-state index is 6.07. The van der Waals surface area contributed by atoms with Crippen LogP contribution in [-0.2, 0) is 11.2 Å². The Morgan fingerprint density at radius 2 is 2.09 bits per heavy atom. The van der Waals surface area contributed by atoms with Crippen LogP contribution in [0.15, 0.2) is 17.1 Å². The Morgan fingerprint density at radius 1 is 1.35 bits per heavy atom. The SMILES string of the molecule is CCNC(=NCCc1ccc(Cl)s1)N1CC2C3CCC(O3)C2C1. The highest BCUT2D eigenvalue weighted by atomic mass is 35.5. The average Bonchev–Trinajstić information content (AvgIpc) is 3.28.